The number of hydrogen-bond acceptors (Lipinski definition) is 4. The van der Waals surface area contributed by atoms with E-state index in [-0.39, 0.29) is 5.56 Å². The molecule has 7 heteroatoms. The summed E-state index contributed by atoms with van der Waals surface area (Å²) in [6.45, 7) is 0.586. The Bertz CT molecular complexity index is 521. The molecule has 2 rings (SSSR count). The minimum absolute atomic E-state index is 0.0718. The van der Waals surface area contributed by atoms with E-state index in [1.807, 2.05) is 0 Å². The molecule has 1 aromatic heterocycles. The first-order valence-corrected chi connectivity index (χ1v) is 6.75. The highest BCUT2D eigenvalue weighted by Crippen LogP contribution is 2.27. The van der Waals surface area contributed by atoms with Gasteiger partial charge in [-0.2, -0.15) is 0 Å². The van der Waals surface area contributed by atoms with Gasteiger partial charge in [0.25, 0.3) is 0 Å². The second-order valence-electron chi connectivity index (χ2n) is 4.44. The highest BCUT2D eigenvalue weighted by atomic mass is 79.9. The molecule has 6 nitrogen and oxygen atoms in total. The molecule has 0 bridgehead atoms. The van der Waals surface area contributed by atoms with Crippen molar-refractivity contribution >= 4 is 33.6 Å². The lowest BCUT2D eigenvalue weighted by molar-refractivity contribution is -0.119. The van der Waals surface area contributed by atoms with Crippen LogP contribution in [0.15, 0.2) is 16.7 Å². The van der Waals surface area contributed by atoms with Crippen LogP contribution >= 0.6 is 15.9 Å². The van der Waals surface area contributed by atoms with Gasteiger partial charge in [0.15, 0.2) is 0 Å². The summed E-state index contributed by atoms with van der Waals surface area (Å²) in [5, 5.41) is 9.24. The van der Waals surface area contributed by atoms with E-state index in [2.05, 4.69) is 20.9 Å². The number of rotatable bonds is 3. The summed E-state index contributed by atoms with van der Waals surface area (Å²) in [5.74, 6) is -1.21. The highest BCUT2D eigenvalue weighted by molar-refractivity contribution is 9.10. The quantitative estimate of drug-likeness (QED) is 0.874. The standard InChI is InChI=1S/C12H14BrN3O3/c13-7-5-8(12(18)19)11(15-6-7)16-4-2-1-3-9(16)10(14)17/h5-6,9H,1-4H2,(H2,14,17)(H,18,19). The molecule has 1 amide bonds. The summed E-state index contributed by atoms with van der Waals surface area (Å²) >= 11 is 3.20. The Morgan fingerprint density at radius 2 is 2.21 bits per heavy atom. The van der Waals surface area contributed by atoms with E-state index in [0.29, 0.717) is 23.3 Å². The molecule has 1 aliphatic rings. The zero-order valence-corrected chi connectivity index (χ0v) is 11.8. The Morgan fingerprint density at radius 3 is 2.84 bits per heavy atom. The number of primary amides is 1. The van der Waals surface area contributed by atoms with Crippen LogP contribution in [0.25, 0.3) is 0 Å². The summed E-state index contributed by atoms with van der Waals surface area (Å²) in [4.78, 5) is 28.6. The van der Waals surface area contributed by atoms with Crippen molar-refractivity contribution in [3.05, 3.63) is 22.3 Å². The Kier molecular flexibility index (Phi) is 4.04. The van der Waals surface area contributed by atoms with E-state index in [4.69, 9.17) is 5.73 Å². The number of anilines is 1. The lowest BCUT2D eigenvalue weighted by Crippen LogP contribution is -2.48. The van der Waals surface area contributed by atoms with Crippen LogP contribution < -0.4 is 10.6 Å². The van der Waals surface area contributed by atoms with Gasteiger partial charge in [-0.15, -0.1) is 0 Å². The van der Waals surface area contributed by atoms with E-state index in [1.165, 1.54) is 12.3 Å². The van der Waals surface area contributed by atoms with Crippen LogP contribution in [-0.2, 0) is 4.79 Å². The van der Waals surface area contributed by atoms with Crippen molar-refractivity contribution in [2.24, 2.45) is 5.73 Å². The molecule has 1 fully saturated rings. The molecule has 0 saturated carbocycles. The maximum atomic E-state index is 11.5. The number of aromatic nitrogens is 1. The molecule has 0 aromatic carbocycles. The number of aromatic carboxylic acids is 1. The summed E-state index contributed by atoms with van der Waals surface area (Å²) in [5.41, 5.74) is 5.46. The van der Waals surface area contributed by atoms with Gasteiger partial charge < -0.3 is 15.7 Å². The molecule has 0 radical (unpaired) electrons. The lowest BCUT2D eigenvalue weighted by Gasteiger charge is -2.35. The number of nitrogens with zero attached hydrogens (tertiary/aromatic N) is 2. The molecule has 1 aliphatic heterocycles. The molecule has 1 unspecified atom stereocenters. The number of nitrogens with two attached hydrogens (primary N) is 1. The number of piperidine rings is 1. The fourth-order valence-corrected chi connectivity index (χ4v) is 2.63. The molecule has 1 atom stereocenters. The summed E-state index contributed by atoms with van der Waals surface area (Å²) < 4.78 is 0.585. The van der Waals surface area contributed by atoms with E-state index in [9.17, 15) is 14.7 Å². The van der Waals surface area contributed by atoms with Crippen molar-refractivity contribution in [1.82, 2.24) is 4.98 Å². The normalized spacial score (nSPS) is 19.2. The number of carbonyl (C=O) groups is 2. The van der Waals surface area contributed by atoms with Crippen molar-refractivity contribution in [2.45, 2.75) is 25.3 Å². The fourth-order valence-electron chi connectivity index (χ4n) is 2.30. The van der Waals surface area contributed by atoms with Crippen LogP contribution in [0.5, 0.6) is 0 Å². The minimum atomic E-state index is -1.07. The number of pyridine rings is 1. The lowest BCUT2D eigenvalue weighted by atomic mass is 10.0. The molecule has 3 N–H and O–H groups in total. The monoisotopic (exact) mass is 327 g/mol. The van der Waals surface area contributed by atoms with Crippen LogP contribution in [0.4, 0.5) is 5.82 Å². The average Bonchev–Trinajstić information content (AvgIpc) is 2.38. The number of halogens is 1. The van der Waals surface area contributed by atoms with Crippen molar-refractivity contribution in [2.75, 3.05) is 11.4 Å². The summed E-state index contributed by atoms with van der Waals surface area (Å²) in [7, 11) is 0. The molecule has 0 aliphatic carbocycles. The molecular weight excluding hydrogens is 314 g/mol. The fraction of sp³-hybridized carbons (Fsp3) is 0.417. The van der Waals surface area contributed by atoms with Gasteiger partial charge in [0, 0.05) is 17.2 Å². The van der Waals surface area contributed by atoms with Gasteiger partial charge in [-0.1, -0.05) is 0 Å². The largest absolute Gasteiger partial charge is 0.478 e. The molecule has 2 heterocycles. The topological polar surface area (TPSA) is 96.5 Å². The van der Waals surface area contributed by atoms with E-state index < -0.39 is 17.9 Å². The molecule has 19 heavy (non-hydrogen) atoms. The Labute approximate surface area is 118 Å². The first-order chi connectivity index (χ1) is 9.00. The van der Waals surface area contributed by atoms with Gasteiger partial charge in [-0.25, -0.2) is 9.78 Å². The maximum absolute atomic E-state index is 11.5. The smallest absolute Gasteiger partial charge is 0.339 e. The van der Waals surface area contributed by atoms with Gasteiger partial charge in [-0.3, -0.25) is 4.79 Å². The number of carboxylic acids is 1. The van der Waals surface area contributed by atoms with Gasteiger partial charge in [0.05, 0.1) is 0 Å². The first kappa shape index (κ1) is 13.8. The van der Waals surface area contributed by atoms with Crippen LogP contribution in [0.1, 0.15) is 29.6 Å². The van der Waals surface area contributed by atoms with Crippen LogP contribution in [-0.4, -0.2) is 34.6 Å². The Hall–Kier alpha value is -1.63. The van der Waals surface area contributed by atoms with Crippen molar-refractivity contribution < 1.29 is 14.7 Å². The summed E-state index contributed by atoms with van der Waals surface area (Å²) in [6, 6.07) is 0.998. The molecule has 102 valence electrons. The van der Waals surface area contributed by atoms with Crippen molar-refractivity contribution in [3.63, 3.8) is 0 Å². The number of amides is 1. The first-order valence-electron chi connectivity index (χ1n) is 5.95. The second-order valence-corrected chi connectivity index (χ2v) is 5.35. The number of carbonyl (C=O) groups excluding carboxylic acids is 1. The van der Waals surface area contributed by atoms with Gasteiger partial charge >= 0.3 is 5.97 Å². The maximum Gasteiger partial charge on any atom is 0.339 e. The van der Waals surface area contributed by atoms with E-state index in [1.54, 1.807) is 4.90 Å². The van der Waals surface area contributed by atoms with Gasteiger partial charge in [-0.05, 0) is 41.3 Å². The van der Waals surface area contributed by atoms with Crippen LogP contribution in [0.3, 0.4) is 0 Å². The molecular formula is C12H14BrN3O3. The van der Waals surface area contributed by atoms with Gasteiger partial charge in [0.2, 0.25) is 5.91 Å². The van der Waals surface area contributed by atoms with Crippen molar-refractivity contribution in [3.8, 4) is 0 Å². The average molecular weight is 328 g/mol. The van der Waals surface area contributed by atoms with Crippen LogP contribution in [0.2, 0.25) is 0 Å². The molecule has 0 spiro atoms. The summed E-state index contributed by atoms with van der Waals surface area (Å²) in [6.07, 6.45) is 3.95. The van der Waals surface area contributed by atoms with E-state index >= 15 is 0 Å². The second kappa shape index (κ2) is 5.56. The number of hydrogen-bond donors (Lipinski definition) is 2. The third-order valence-corrected chi connectivity index (χ3v) is 3.60. The number of carboxylic acid groups (broad SMARTS) is 1. The third kappa shape index (κ3) is 2.86. The zero-order valence-electron chi connectivity index (χ0n) is 10.2. The predicted molar refractivity (Wildman–Crippen MR) is 73.1 cm³/mol. The zero-order chi connectivity index (χ0) is 14.0. The minimum Gasteiger partial charge on any atom is -0.478 e. The Morgan fingerprint density at radius 1 is 1.47 bits per heavy atom. The highest BCUT2D eigenvalue weighted by Gasteiger charge is 2.30. The Balaban J connectivity index is 2.44. The molecule has 1 saturated heterocycles. The van der Waals surface area contributed by atoms with E-state index in [0.717, 1.165) is 12.8 Å². The molecule has 1 aromatic rings. The van der Waals surface area contributed by atoms with Gasteiger partial charge in [0.1, 0.15) is 17.4 Å². The SMILES string of the molecule is NC(=O)C1CCCCN1c1ncc(Br)cc1C(=O)O. The van der Waals surface area contributed by atoms with Crippen LogP contribution in [0, 0.1) is 0 Å². The third-order valence-electron chi connectivity index (χ3n) is 3.17. The predicted octanol–water partition coefficient (Wildman–Crippen LogP) is 1.39. The van der Waals surface area contributed by atoms with Crippen molar-refractivity contribution in [1.29, 1.82) is 0 Å².